The van der Waals surface area contributed by atoms with Crippen LogP contribution in [0.5, 0.6) is 0 Å². The van der Waals surface area contributed by atoms with E-state index in [1.165, 1.54) is 18.2 Å². The van der Waals surface area contributed by atoms with E-state index in [-0.39, 0.29) is 12.2 Å². The molecule has 6 nitrogen and oxygen atoms in total. The summed E-state index contributed by atoms with van der Waals surface area (Å²) >= 11 is 0. The van der Waals surface area contributed by atoms with E-state index in [1.807, 2.05) is 41.0 Å². The molecule has 0 aliphatic heterocycles. The van der Waals surface area contributed by atoms with Crippen LogP contribution in [0.25, 0.3) is 16.9 Å². The lowest BCUT2D eigenvalue weighted by Gasteiger charge is -2.14. The first-order valence-electron chi connectivity index (χ1n) is 9.52. The number of carbonyl (C=O) groups is 1. The molecule has 158 valence electrons. The Labute approximate surface area is 175 Å². The van der Waals surface area contributed by atoms with Crippen LogP contribution in [-0.2, 0) is 12.6 Å². The van der Waals surface area contributed by atoms with Crippen LogP contribution in [0.3, 0.4) is 0 Å². The van der Waals surface area contributed by atoms with Gasteiger partial charge >= 0.3 is 12.2 Å². The monoisotopic (exact) mass is 425 g/mol. The molecule has 0 saturated carbocycles. The van der Waals surface area contributed by atoms with E-state index in [0.29, 0.717) is 23.4 Å². The van der Waals surface area contributed by atoms with Crippen molar-refractivity contribution in [2.45, 2.75) is 12.6 Å². The second kappa shape index (κ2) is 8.47. The van der Waals surface area contributed by atoms with Crippen LogP contribution < -0.4 is 10.6 Å². The molecule has 9 heteroatoms. The molecule has 0 bridgehead atoms. The first-order chi connectivity index (χ1) is 14.9. The largest absolute Gasteiger partial charge is 0.418 e. The lowest BCUT2D eigenvalue weighted by Crippen LogP contribution is -2.31. The van der Waals surface area contributed by atoms with Crippen LogP contribution in [0.4, 0.5) is 23.7 Å². The molecule has 0 saturated heterocycles. The van der Waals surface area contributed by atoms with Crippen LogP contribution in [0.1, 0.15) is 11.4 Å². The molecule has 0 atom stereocenters. The van der Waals surface area contributed by atoms with Crippen molar-refractivity contribution in [2.24, 2.45) is 0 Å². The number of anilines is 1. The van der Waals surface area contributed by atoms with Crippen molar-refractivity contribution in [1.82, 2.24) is 19.9 Å². The number of alkyl halides is 3. The fraction of sp³-hybridized carbons (Fsp3) is 0.136. The predicted molar refractivity (Wildman–Crippen MR) is 111 cm³/mol. The average molecular weight is 425 g/mol. The van der Waals surface area contributed by atoms with Crippen molar-refractivity contribution in [3.05, 3.63) is 84.3 Å². The van der Waals surface area contributed by atoms with Gasteiger partial charge in [0.25, 0.3) is 0 Å². The molecular weight excluding hydrogens is 407 g/mol. The fourth-order valence-corrected chi connectivity index (χ4v) is 3.27. The number of amides is 2. The molecule has 0 unspecified atom stereocenters. The Morgan fingerprint density at radius 3 is 2.48 bits per heavy atom. The normalized spacial score (nSPS) is 11.5. The second-order valence-electron chi connectivity index (χ2n) is 6.72. The molecular formula is C22H18F3N5O. The van der Waals surface area contributed by atoms with Gasteiger partial charge in [0, 0.05) is 24.8 Å². The molecule has 0 spiro atoms. The maximum absolute atomic E-state index is 13.1. The van der Waals surface area contributed by atoms with Gasteiger partial charge in [-0.1, -0.05) is 30.3 Å². The number of imidazole rings is 1. The first kappa shape index (κ1) is 20.4. The number of hydrogen-bond donors (Lipinski definition) is 2. The topological polar surface area (TPSA) is 71.8 Å². The highest BCUT2D eigenvalue weighted by Crippen LogP contribution is 2.34. The Bertz CT molecular complexity index is 1200. The number of halogens is 3. The predicted octanol–water partition coefficient (Wildman–Crippen LogP) is 4.80. The summed E-state index contributed by atoms with van der Waals surface area (Å²) in [5.41, 5.74) is 1.08. The molecule has 0 aliphatic carbocycles. The lowest BCUT2D eigenvalue weighted by atomic mass is 10.1. The summed E-state index contributed by atoms with van der Waals surface area (Å²) in [6.45, 7) is 0.177. The van der Waals surface area contributed by atoms with Crippen molar-refractivity contribution < 1.29 is 18.0 Å². The number of carbonyl (C=O) groups excluding carboxylic acids is 1. The number of urea groups is 1. The second-order valence-corrected chi connectivity index (χ2v) is 6.72. The van der Waals surface area contributed by atoms with E-state index in [1.54, 1.807) is 12.3 Å². The van der Waals surface area contributed by atoms with Gasteiger partial charge in [0.2, 0.25) is 0 Å². The fourth-order valence-electron chi connectivity index (χ4n) is 3.27. The highest BCUT2D eigenvalue weighted by Gasteiger charge is 2.33. The van der Waals surface area contributed by atoms with E-state index >= 15 is 0 Å². The van der Waals surface area contributed by atoms with Gasteiger partial charge in [-0.2, -0.15) is 13.2 Å². The highest BCUT2D eigenvalue weighted by atomic mass is 19.4. The van der Waals surface area contributed by atoms with Crippen LogP contribution in [0, 0.1) is 0 Å². The summed E-state index contributed by atoms with van der Waals surface area (Å²) in [6.07, 6.45) is -2.52. The van der Waals surface area contributed by atoms with Crippen molar-refractivity contribution in [3.63, 3.8) is 0 Å². The SMILES string of the molecule is O=C(NCCc1nc2cccnc2n1-c1ccccc1)Nc1ccccc1C(F)(F)F. The van der Waals surface area contributed by atoms with Gasteiger partial charge in [0.05, 0.1) is 11.3 Å². The molecule has 2 aromatic heterocycles. The third-order valence-electron chi connectivity index (χ3n) is 4.61. The minimum Gasteiger partial charge on any atom is -0.337 e. The quantitative estimate of drug-likeness (QED) is 0.482. The Kier molecular flexibility index (Phi) is 5.57. The first-order valence-corrected chi connectivity index (χ1v) is 9.52. The summed E-state index contributed by atoms with van der Waals surface area (Å²) in [4.78, 5) is 21.2. The average Bonchev–Trinajstić information content (AvgIpc) is 3.12. The third-order valence-corrected chi connectivity index (χ3v) is 4.61. The number of nitrogens with zero attached hydrogens (tertiary/aromatic N) is 3. The molecule has 4 rings (SSSR count). The van der Waals surface area contributed by atoms with Crippen LogP contribution in [-0.4, -0.2) is 27.1 Å². The molecule has 31 heavy (non-hydrogen) atoms. The van der Waals surface area contributed by atoms with Crippen LogP contribution in [0.15, 0.2) is 72.9 Å². The number of aromatic nitrogens is 3. The summed E-state index contributed by atoms with van der Waals surface area (Å²) in [5, 5.41) is 4.86. The Morgan fingerprint density at radius 2 is 1.71 bits per heavy atom. The summed E-state index contributed by atoms with van der Waals surface area (Å²) in [5.74, 6) is 0.677. The number of rotatable bonds is 5. The standard InChI is InChI=1S/C22H18F3N5O/c23-22(24,25)16-9-4-5-10-17(16)29-21(31)27-14-12-19-28-18-11-6-13-26-20(18)30(19)15-7-2-1-3-8-15/h1-11,13H,12,14H2,(H2,27,29,31). The zero-order valence-electron chi connectivity index (χ0n) is 16.2. The van der Waals surface area contributed by atoms with E-state index in [4.69, 9.17) is 0 Å². The molecule has 2 N–H and O–H groups in total. The maximum atomic E-state index is 13.1. The molecule has 0 aliphatic rings. The Balaban J connectivity index is 1.48. The van der Waals surface area contributed by atoms with Gasteiger partial charge in [-0.3, -0.25) is 4.57 Å². The number of benzene rings is 2. The van der Waals surface area contributed by atoms with Gasteiger partial charge in [0.15, 0.2) is 5.65 Å². The minimum absolute atomic E-state index is 0.177. The smallest absolute Gasteiger partial charge is 0.337 e. The highest BCUT2D eigenvalue weighted by molar-refractivity contribution is 5.90. The van der Waals surface area contributed by atoms with Crippen molar-refractivity contribution in [2.75, 3.05) is 11.9 Å². The van der Waals surface area contributed by atoms with E-state index in [0.717, 1.165) is 11.8 Å². The Hall–Kier alpha value is -3.88. The zero-order chi connectivity index (χ0) is 21.8. The molecule has 2 heterocycles. The van der Waals surface area contributed by atoms with Crippen molar-refractivity contribution in [1.29, 1.82) is 0 Å². The van der Waals surface area contributed by atoms with Crippen molar-refractivity contribution >= 4 is 22.9 Å². The third kappa shape index (κ3) is 4.50. The molecule has 2 aromatic carbocycles. The maximum Gasteiger partial charge on any atom is 0.418 e. The molecule has 2 amide bonds. The van der Waals surface area contributed by atoms with E-state index < -0.39 is 17.8 Å². The molecule has 4 aromatic rings. The van der Waals surface area contributed by atoms with Crippen LogP contribution in [0.2, 0.25) is 0 Å². The molecule has 0 fully saturated rings. The zero-order valence-corrected chi connectivity index (χ0v) is 16.2. The number of pyridine rings is 1. The summed E-state index contributed by atoms with van der Waals surface area (Å²) in [7, 11) is 0. The Morgan fingerprint density at radius 1 is 0.968 bits per heavy atom. The van der Waals surface area contributed by atoms with Crippen molar-refractivity contribution in [3.8, 4) is 5.69 Å². The summed E-state index contributed by atoms with van der Waals surface area (Å²) in [6, 6.07) is 17.3. The number of fused-ring (bicyclic) bond motifs is 1. The van der Waals surface area contributed by atoms with Crippen LogP contribution >= 0.6 is 0 Å². The number of nitrogens with one attached hydrogen (secondary N) is 2. The van der Waals surface area contributed by atoms with Gasteiger partial charge in [-0.25, -0.2) is 14.8 Å². The van der Waals surface area contributed by atoms with Gasteiger partial charge < -0.3 is 10.6 Å². The summed E-state index contributed by atoms with van der Waals surface area (Å²) < 4.78 is 41.2. The van der Waals surface area contributed by atoms with E-state index in [9.17, 15) is 18.0 Å². The number of para-hydroxylation sites is 2. The lowest BCUT2D eigenvalue weighted by molar-refractivity contribution is -0.136. The van der Waals surface area contributed by atoms with E-state index in [2.05, 4.69) is 20.6 Å². The van der Waals surface area contributed by atoms with Gasteiger partial charge in [0.1, 0.15) is 11.3 Å². The minimum atomic E-state index is -4.56. The van der Waals surface area contributed by atoms with Gasteiger partial charge in [-0.05, 0) is 36.4 Å². The molecule has 0 radical (unpaired) electrons. The number of hydrogen-bond acceptors (Lipinski definition) is 3. The van der Waals surface area contributed by atoms with Gasteiger partial charge in [-0.15, -0.1) is 0 Å².